The highest BCUT2D eigenvalue weighted by Crippen LogP contribution is 2.34. The van der Waals surface area contributed by atoms with Crippen LogP contribution >= 0.6 is 0 Å². The predicted molar refractivity (Wildman–Crippen MR) is 137 cm³/mol. The molecule has 3 rings (SSSR count). The number of ketones is 2. The average Bonchev–Trinajstić information content (AvgIpc) is 2.82. The van der Waals surface area contributed by atoms with Crippen molar-refractivity contribution in [1.29, 1.82) is 0 Å². The highest BCUT2D eigenvalue weighted by atomic mass is 16.5. The molecular weight excluding hydrogens is 424 g/mol. The molecule has 34 heavy (non-hydrogen) atoms. The van der Waals surface area contributed by atoms with Gasteiger partial charge in [-0.3, -0.25) is 9.59 Å². The molecule has 1 heterocycles. The zero-order valence-electron chi connectivity index (χ0n) is 20.7. The van der Waals surface area contributed by atoms with Gasteiger partial charge in [0.25, 0.3) is 0 Å². The number of nitrogens with one attached hydrogen (secondary N) is 2. The summed E-state index contributed by atoms with van der Waals surface area (Å²) >= 11 is 0. The lowest BCUT2D eigenvalue weighted by atomic mass is 9.81. The lowest BCUT2D eigenvalue weighted by Gasteiger charge is -2.45. The molecule has 4 atom stereocenters. The van der Waals surface area contributed by atoms with Gasteiger partial charge in [0.1, 0.15) is 11.4 Å². The smallest absolute Gasteiger partial charge is 0.161 e. The van der Waals surface area contributed by atoms with Crippen molar-refractivity contribution in [2.45, 2.75) is 76.7 Å². The van der Waals surface area contributed by atoms with Crippen molar-refractivity contribution < 1.29 is 14.3 Å². The van der Waals surface area contributed by atoms with Gasteiger partial charge in [0, 0.05) is 12.2 Å². The molecule has 0 aromatic heterocycles. The van der Waals surface area contributed by atoms with Crippen LogP contribution in [0.1, 0.15) is 51.2 Å². The molecule has 182 valence electrons. The van der Waals surface area contributed by atoms with Crippen molar-refractivity contribution in [1.82, 2.24) is 10.6 Å². The van der Waals surface area contributed by atoms with Crippen molar-refractivity contribution >= 4 is 11.6 Å². The molecule has 0 bridgehead atoms. The highest BCUT2D eigenvalue weighted by Gasteiger charge is 2.45. The van der Waals surface area contributed by atoms with Crippen LogP contribution in [0.25, 0.3) is 0 Å². The van der Waals surface area contributed by atoms with Crippen LogP contribution in [0.15, 0.2) is 72.9 Å². The molecule has 0 spiro atoms. The number of hydrogen-bond donors (Lipinski definition) is 2. The Labute approximate surface area is 204 Å². The van der Waals surface area contributed by atoms with E-state index >= 15 is 0 Å². The van der Waals surface area contributed by atoms with E-state index in [1.807, 2.05) is 55.5 Å². The van der Waals surface area contributed by atoms with Gasteiger partial charge in [0.15, 0.2) is 5.78 Å². The summed E-state index contributed by atoms with van der Waals surface area (Å²) in [6, 6.07) is 19.9. The zero-order chi connectivity index (χ0) is 24.6. The number of Topliss-reactive ketones (excluding diaryl/α,β-unsaturated/α-hetero) is 2. The number of hydrogen-bond acceptors (Lipinski definition) is 5. The van der Waals surface area contributed by atoms with Crippen LogP contribution in [0.5, 0.6) is 0 Å². The SMILES string of the molecule is C=C(C)NC1CCC(CCc2ccccc2)(C(C)=O)OC1CNC(Cc1ccccc1)C(C)=O. The van der Waals surface area contributed by atoms with Crippen molar-refractivity contribution in [3.8, 4) is 0 Å². The predicted octanol–water partition coefficient (Wildman–Crippen LogP) is 4.41. The number of rotatable bonds is 12. The number of aryl methyl sites for hydroxylation is 1. The van der Waals surface area contributed by atoms with E-state index in [2.05, 4.69) is 29.3 Å². The van der Waals surface area contributed by atoms with Crippen LogP contribution in [0.4, 0.5) is 0 Å². The molecule has 5 nitrogen and oxygen atoms in total. The van der Waals surface area contributed by atoms with Gasteiger partial charge in [-0.05, 0) is 64.0 Å². The summed E-state index contributed by atoms with van der Waals surface area (Å²) in [5, 5.41) is 6.86. The first-order valence-corrected chi connectivity index (χ1v) is 12.2. The first-order chi connectivity index (χ1) is 16.3. The van der Waals surface area contributed by atoms with E-state index in [0.717, 1.165) is 24.1 Å². The summed E-state index contributed by atoms with van der Waals surface area (Å²) < 4.78 is 6.62. The van der Waals surface area contributed by atoms with Crippen LogP contribution in [0.3, 0.4) is 0 Å². The van der Waals surface area contributed by atoms with E-state index in [-0.39, 0.29) is 29.8 Å². The highest BCUT2D eigenvalue weighted by molar-refractivity contribution is 5.85. The normalized spacial score (nSPS) is 23.1. The van der Waals surface area contributed by atoms with Crippen molar-refractivity contribution in [3.05, 3.63) is 84.1 Å². The molecule has 2 aromatic carbocycles. The van der Waals surface area contributed by atoms with Crippen LogP contribution < -0.4 is 10.6 Å². The molecule has 4 unspecified atom stereocenters. The second-order valence-corrected chi connectivity index (χ2v) is 9.52. The second-order valence-electron chi connectivity index (χ2n) is 9.52. The van der Waals surface area contributed by atoms with Gasteiger partial charge in [-0.25, -0.2) is 0 Å². The Kier molecular flexibility index (Phi) is 9.20. The fourth-order valence-electron chi connectivity index (χ4n) is 4.75. The van der Waals surface area contributed by atoms with E-state index in [4.69, 9.17) is 4.74 Å². The van der Waals surface area contributed by atoms with Crippen molar-refractivity contribution in [2.75, 3.05) is 6.54 Å². The topological polar surface area (TPSA) is 67.4 Å². The lowest BCUT2D eigenvalue weighted by molar-refractivity contribution is -0.168. The van der Waals surface area contributed by atoms with Gasteiger partial charge in [0.05, 0.1) is 18.2 Å². The zero-order valence-corrected chi connectivity index (χ0v) is 20.7. The first kappa shape index (κ1) is 25.9. The standard InChI is InChI=1S/C29H38N2O3/c1-21(2)31-26-16-18-29(23(4)33,17-15-24-11-7-5-8-12-24)34-28(26)20-30-27(22(3)32)19-25-13-9-6-10-14-25/h5-14,26-28,30-31H,1,15-20H2,2-4H3. The minimum atomic E-state index is -0.819. The number of allylic oxidation sites excluding steroid dienone is 1. The van der Waals surface area contributed by atoms with Crippen molar-refractivity contribution in [2.24, 2.45) is 0 Å². The second kappa shape index (κ2) is 12.1. The molecule has 0 amide bonds. The summed E-state index contributed by atoms with van der Waals surface area (Å²) in [6.07, 6.45) is 3.25. The van der Waals surface area contributed by atoms with Gasteiger partial charge in [-0.15, -0.1) is 0 Å². The van der Waals surface area contributed by atoms with Gasteiger partial charge in [-0.2, -0.15) is 0 Å². The quantitative estimate of drug-likeness (QED) is 0.489. The summed E-state index contributed by atoms with van der Waals surface area (Å²) in [5.41, 5.74) is 2.35. The third kappa shape index (κ3) is 7.12. The molecule has 1 aliphatic heterocycles. The maximum Gasteiger partial charge on any atom is 0.161 e. The Morgan fingerprint density at radius 1 is 1.03 bits per heavy atom. The van der Waals surface area contributed by atoms with E-state index in [1.165, 1.54) is 5.56 Å². The van der Waals surface area contributed by atoms with E-state index < -0.39 is 5.60 Å². The Balaban J connectivity index is 1.73. The average molecular weight is 463 g/mol. The molecule has 0 aliphatic carbocycles. The van der Waals surface area contributed by atoms with E-state index in [9.17, 15) is 9.59 Å². The minimum absolute atomic E-state index is 0.0264. The first-order valence-electron chi connectivity index (χ1n) is 12.2. The van der Waals surface area contributed by atoms with Gasteiger partial charge < -0.3 is 15.4 Å². The monoisotopic (exact) mass is 462 g/mol. The van der Waals surface area contributed by atoms with Crippen LogP contribution in [0.2, 0.25) is 0 Å². The largest absolute Gasteiger partial charge is 0.384 e. The van der Waals surface area contributed by atoms with Crippen LogP contribution in [-0.2, 0) is 27.2 Å². The number of benzene rings is 2. The molecule has 1 saturated heterocycles. The molecule has 1 aliphatic rings. The minimum Gasteiger partial charge on any atom is -0.384 e. The molecule has 5 heteroatoms. The number of carbonyl (C=O) groups is 2. The van der Waals surface area contributed by atoms with Gasteiger partial charge in [0.2, 0.25) is 0 Å². The molecule has 0 radical (unpaired) electrons. The molecule has 2 N–H and O–H groups in total. The Morgan fingerprint density at radius 2 is 1.65 bits per heavy atom. The maximum atomic E-state index is 12.9. The molecule has 0 saturated carbocycles. The third-order valence-electron chi connectivity index (χ3n) is 6.76. The van der Waals surface area contributed by atoms with Crippen LogP contribution in [-0.4, -0.2) is 41.9 Å². The van der Waals surface area contributed by atoms with E-state index in [1.54, 1.807) is 13.8 Å². The lowest BCUT2D eigenvalue weighted by Crippen LogP contribution is -2.59. The Hall–Kier alpha value is -2.76. The summed E-state index contributed by atoms with van der Waals surface area (Å²) in [5.74, 6) is 0.153. The van der Waals surface area contributed by atoms with Gasteiger partial charge in [-0.1, -0.05) is 67.2 Å². The summed E-state index contributed by atoms with van der Waals surface area (Å²) in [7, 11) is 0. The Bertz CT molecular complexity index is 960. The summed E-state index contributed by atoms with van der Waals surface area (Å²) in [4.78, 5) is 25.3. The Morgan fingerprint density at radius 3 is 2.21 bits per heavy atom. The maximum absolute atomic E-state index is 12.9. The third-order valence-corrected chi connectivity index (χ3v) is 6.76. The van der Waals surface area contributed by atoms with Crippen molar-refractivity contribution in [3.63, 3.8) is 0 Å². The van der Waals surface area contributed by atoms with Crippen LogP contribution in [0, 0.1) is 0 Å². The van der Waals surface area contributed by atoms with Gasteiger partial charge >= 0.3 is 0 Å². The molecule has 1 fully saturated rings. The summed E-state index contributed by atoms with van der Waals surface area (Å²) in [6.45, 7) is 9.66. The fraction of sp³-hybridized carbons (Fsp3) is 0.448. The van der Waals surface area contributed by atoms with E-state index in [0.29, 0.717) is 25.8 Å². The fourth-order valence-corrected chi connectivity index (χ4v) is 4.75. The number of ether oxygens (including phenoxy) is 1. The number of carbonyl (C=O) groups excluding carboxylic acids is 2. The molecule has 2 aromatic rings. The molecular formula is C29H38N2O3.